The van der Waals surface area contributed by atoms with E-state index in [1.54, 1.807) is 0 Å². The first-order chi connectivity index (χ1) is 15.1. The Morgan fingerprint density at radius 3 is 2.58 bits per heavy atom. The fraction of sp³-hybridized carbons (Fsp3) is 0.440. The topological polar surface area (TPSA) is 79.1 Å². The molecule has 4 N–H and O–H groups in total. The fourth-order valence-electron chi connectivity index (χ4n) is 4.18. The molecule has 0 spiro atoms. The van der Waals surface area contributed by atoms with Gasteiger partial charge in [-0.2, -0.15) is 0 Å². The van der Waals surface area contributed by atoms with Crippen LogP contribution in [-0.4, -0.2) is 54.1 Å². The molecule has 4 rings (SSSR count). The average Bonchev–Trinajstić information content (AvgIpc) is 2.78. The molecule has 31 heavy (non-hydrogen) atoms. The highest BCUT2D eigenvalue weighted by Gasteiger charge is 2.20. The smallest absolute Gasteiger partial charge is 0.136 e. The van der Waals surface area contributed by atoms with Crippen LogP contribution in [-0.2, 0) is 0 Å². The van der Waals surface area contributed by atoms with Crippen LogP contribution in [0.15, 0.2) is 48.7 Å². The number of aromatic nitrogens is 2. The lowest BCUT2D eigenvalue weighted by molar-refractivity contribution is 0.405. The van der Waals surface area contributed by atoms with Gasteiger partial charge in [-0.05, 0) is 83.1 Å². The number of nitrogens with zero attached hydrogens (tertiary/aromatic N) is 3. The van der Waals surface area contributed by atoms with Gasteiger partial charge in [0.05, 0.1) is 11.2 Å². The van der Waals surface area contributed by atoms with Crippen LogP contribution < -0.4 is 16.4 Å². The summed E-state index contributed by atoms with van der Waals surface area (Å²) in [6.45, 7) is 2.05. The number of rotatable bonds is 8. The Morgan fingerprint density at radius 1 is 1.06 bits per heavy atom. The van der Waals surface area contributed by atoms with Crippen molar-refractivity contribution >= 4 is 22.4 Å². The first kappa shape index (κ1) is 21.5. The van der Waals surface area contributed by atoms with Crippen molar-refractivity contribution in [3.63, 3.8) is 0 Å². The molecule has 0 amide bonds. The molecule has 1 saturated carbocycles. The molecular weight excluding hydrogens is 384 g/mol. The van der Waals surface area contributed by atoms with Gasteiger partial charge in [0.25, 0.3) is 0 Å². The van der Waals surface area contributed by atoms with Gasteiger partial charge in [0.1, 0.15) is 5.82 Å². The third-order valence-corrected chi connectivity index (χ3v) is 6.00. The normalized spacial score (nSPS) is 19.0. The van der Waals surface area contributed by atoms with Crippen molar-refractivity contribution in [1.82, 2.24) is 14.9 Å². The lowest BCUT2D eigenvalue weighted by atomic mass is 9.92. The third kappa shape index (κ3) is 5.71. The average molecular weight is 419 g/mol. The van der Waals surface area contributed by atoms with Crippen LogP contribution in [0.4, 0.5) is 11.5 Å². The minimum Gasteiger partial charge on any atom is -0.385 e. The van der Waals surface area contributed by atoms with Crippen molar-refractivity contribution in [2.45, 2.75) is 44.2 Å². The zero-order chi connectivity index (χ0) is 21.6. The molecule has 1 aliphatic rings. The van der Waals surface area contributed by atoms with E-state index < -0.39 is 0 Å². The van der Waals surface area contributed by atoms with E-state index in [9.17, 15) is 0 Å². The van der Waals surface area contributed by atoms with Crippen molar-refractivity contribution < 1.29 is 0 Å². The van der Waals surface area contributed by atoms with Gasteiger partial charge in [0, 0.05) is 41.5 Å². The summed E-state index contributed by atoms with van der Waals surface area (Å²) < 4.78 is 0. The van der Waals surface area contributed by atoms with Gasteiger partial charge in [-0.3, -0.25) is 4.98 Å². The maximum atomic E-state index is 6.08. The van der Waals surface area contributed by atoms with Crippen LogP contribution in [0.5, 0.6) is 0 Å². The quantitative estimate of drug-likeness (QED) is 0.472. The van der Waals surface area contributed by atoms with E-state index in [0.717, 1.165) is 78.9 Å². The van der Waals surface area contributed by atoms with Crippen molar-refractivity contribution in [3.05, 3.63) is 48.7 Å². The van der Waals surface area contributed by atoms with E-state index in [1.807, 2.05) is 12.3 Å². The molecule has 2 aromatic heterocycles. The Hall–Kier alpha value is -2.70. The minimum absolute atomic E-state index is 0.339. The number of pyridine rings is 2. The van der Waals surface area contributed by atoms with Gasteiger partial charge in [-0.1, -0.05) is 12.1 Å². The Kier molecular flexibility index (Phi) is 6.99. The highest BCUT2D eigenvalue weighted by atomic mass is 15.1. The molecule has 0 aliphatic heterocycles. The largest absolute Gasteiger partial charge is 0.385 e. The molecule has 0 unspecified atom stereocenters. The van der Waals surface area contributed by atoms with Gasteiger partial charge in [0.2, 0.25) is 0 Å². The van der Waals surface area contributed by atoms with Crippen LogP contribution >= 0.6 is 0 Å². The summed E-state index contributed by atoms with van der Waals surface area (Å²) in [5, 5.41) is 8.25. The standard InChI is InChI=1S/C25H34N6/c1-31(2)16-4-15-27-20-10-6-18(7-11-20)23-17-24-22(5-3-14-28-24)25(30-23)29-21-12-8-19(26)9-13-21/h3,5-7,10-11,14,17,19,21,27H,4,8-9,12-13,15-16,26H2,1-2H3,(H,29,30). The lowest BCUT2D eigenvalue weighted by Gasteiger charge is -2.27. The molecular formula is C25H34N6. The second kappa shape index (κ2) is 10.1. The highest BCUT2D eigenvalue weighted by Crippen LogP contribution is 2.29. The van der Waals surface area contributed by atoms with Crippen molar-refractivity contribution in [2.24, 2.45) is 5.73 Å². The molecule has 6 nitrogen and oxygen atoms in total. The number of nitrogens with one attached hydrogen (secondary N) is 2. The number of anilines is 2. The van der Waals surface area contributed by atoms with Crippen LogP contribution in [0.25, 0.3) is 22.2 Å². The number of fused-ring (bicyclic) bond motifs is 1. The summed E-state index contributed by atoms with van der Waals surface area (Å²) in [6, 6.07) is 15.4. The summed E-state index contributed by atoms with van der Waals surface area (Å²) in [7, 11) is 4.21. The predicted octanol–water partition coefficient (Wildman–Crippen LogP) is 4.34. The summed E-state index contributed by atoms with van der Waals surface area (Å²) in [5.41, 5.74) is 10.2. The number of hydrogen-bond donors (Lipinski definition) is 3. The van der Waals surface area contributed by atoms with E-state index in [-0.39, 0.29) is 0 Å². The third-order valence-electron chi connectivity index (χ3n) is 6.00. The van der Waals surface area contributed by atoms with Gasteiger partial charge < -0.3 is 21.3 Å². The molecule has 0 radical (unpaired) electrons. The van der Waals surface area contributed by atoms with Crippen LogP contribution in [0.2, 0.25) is 0 Å². The molecule has 1 aliphatic carbocycles. The predicted molar refractivity (Wildman–Crippen MR) is 130 cm³/mol. The second-order valence-corrected chi connectivity index (χ2v) is 8.84. The SMILES string of the molecule is CN(C)CCCNc1ccc(-c2cc3ncccc3c(NC3CCC(N)CC3)n2)cc1. The molecule has 3 aromatic rings. The van der Waals surface area contributed by atoms with Gasteiger partial charge >= 0.3 is 0 Å². The first-order valence-corrected chi connectivity index (χ1v) is 11.4. The number of benzene rings is 1. The van der Waals surface area contributed by atoms with Gasteiger partial charge in [-0.15, -0.1) is 0 Å². The van der Waals surface area contributed by atoms with Crippen molar-refractivity contribution in [1.29, 1.82) is 0 Å². The zero-order valence-corrected chi connectivity index (χ0v) is 18.6. The van der Waals surface area contributed by atoms with E-state index in [4.69, 9.17) is 10.7 Å². The van der Waals surface area contributed by atoms with E-state index >= 15 is 0 Å². The summed E-state index contributed by atoms with van der Waals surface area (Å²) in [4.78, 5) is 11.8. The minimum atomic E-state index is 0.339. The molecule has 1 aromatic carbocycles. The monoisotopic (exact) mass is 418 g/mol. The van der Waals surface area contributed by atoms with E-state index in [0.29, 0.717) is 12.1 Å². The highest BCUT2D eigenvalue weighted by molar-refractivity contribution is 5.92. The number of hydrogen-bond acceptors (Lipinski definition) is 6. The van der Waals surface area contributed by atoms with Crippen LogP contribution in [0.3, 0.4) is 0 Å². The Labute approximate surface area is 185 Å². The first-order valence-electron chi connectivity index (χ1n) is 11.4. The maximum absolute atomic E-state index is 6.08. The molecule has 6 heteroatoms. The second-order valence-electron chi connectivity index (χ2n) is 8.84. The summed E-state index contributed by atoms with van der Waals surface area (Å²) >= 11 is 0. The molecule has 0 saturated heterocycles. The molecule has 1 fully saturated rings. The maximum Gasteiger partial charge on any atom is 0.136 e. The summed E-state index contributed by atoms with van der Waals surface area (Å²) in [5.74, 6) is 0.923. The van der Waals surface area contributed by atoms with Crippen molar-refractivity contribution in [2.75, 3.05) is 37.8 Å². The molecule has 164 valence electrons. The zero-order valence-electron chi connectivity index (χ0n) is 18.6. The van der Waals surface area contributed by atoms with Crippen molar-refractivity contribution in [3.8, 4) is 11.3 Å². The lowest BCUT2D eigenvalue weighted by Crippen LogP contribution is -2.33. The Morgan fingerprint density at radius 2 is 1.84 bits per heavy atom. The van der Waals surface area contributed by atoms with E-state index in [1.165, 1.54) is 0 Å². The molecule has 0 atom stereocenters. The summed E-state index contributed by atoms with van der Waals surface area (Å²) in [6.07, 6.45) is 7.27. The molecule has 0 bridgehead atoms. The molecule has 2 heterocycles. The Balaban J connectivity index is 1.52. The fourth-order valence-corrected chi connectivity index (χ4v) is 4.18. The van der Waals surface area contributed by atoms with Crippen LogP contribution in [0.1, 0.15) is 32.1 Å². The number of nitrogens with two attached hydrogens (primary N) is 1. The van der Waals surface area contributed by atoms with E-state index in [2.05, 4.69) is 71.0 Å². The van der Waals surface area contributed by atoms with Gasteiger partial charge in [-0.25, -0.2) is 4.98 Å². The Bertz CT molecular complexity index is 977. The van der Waals surface area contributed by atoms with Crippen LogP contribution in [0, 0.1) is 0 Å². The van der Waals surface area contributed by atoms with Gasteiger partial charge in [0.15, 0.2) is 0 Å².